The van der Waals surface area contributed by atoms with E-state index >= 15 is 0 Å². The molecule has 0 fully saturated rings. The number of nitrogen functional groups attached to an aromatic ring is 1. The first kappa shape index (κ1) is 8.68. The van der Waals surface area contributed by atoms with Crippen molar-refractivity contribution in [2.24, 2.45) is 0 Å². The molecule has 0 unspecified atom stereocenters. The molecular weight excluding hydrogens is 183 g/mol. The van der Waals surface area contributed by atoms with Crippen LogP contribution in [0.2, 0.25) is 0 Å². The van der Waals surface area contributed by atoms with Crippen LogP contribution in [0.3, 0.4) is 0 Å². The summed E-state index contributed by atoms with van der Waals surface area (Å²) in [6.07, 6.45) is 0. The number of rotatable bonds is 1. The summed E-state index contributed by atoms with van der Waals surface area (Å²) >= 11 is 0. The lowest BCUT2D eigenvalue weighted by Gasteiger charge is -2.03. The molecule has 0 radical (unpaired) electrons. The van der Waals surface area contributed by atoms with E-state index in [4.69, 9.17) is 5.73 Å². The van der Waals surface area contributed by atoms with Crippen LogP contribution in [-0.2, 0) is 0 Å². The average molecular weight is 192 g/mol. The Morgan fingerprint density at radius 3 is 2.64 bits per heavy atom. The van der Waals surface area contributed by atoms with Crippen molar-refractivity contribution in [3.63, 3.8) is 0 Å². The van der Waals surface area contributed by atoms with Gasteiger partial charge in [-0.15, -0.1) is 5.10 Å². The van der Waals surface area contributed by atoms with E-state index in [1.54, 1.807) is 25.1 Å². The minimum Gasteiger partial charge on any atom is -0.382 e. The SMILES string of the molecule is Cc1nnn(-c2ccccc2F)c1N. The highest BCUT2D eigenvalue weighted by Crippen LogP contribution is 2.16. The van der Waals surface area contributed by atoms with Crippen LogP contribution < -0.4 is 5.73 Å². The van der Waals surface area contributed by atoms with Crippen LogP contribution in [0.25, 0.3) is 5.69 Å². The van der Waals surface area contributed by atoms with Crippen molar-refractivity contribution in [3.8, 4) is 5.69 Å². The lowest BCUT2D eigenvalue weighted by Crippen LogP contribution is -2.04. The molecule has 0 amide bonds. The van der Waals surface area contributed by atoms with E-state index in [1.807, 2.05) is 0 Å². The van der Waals surface area contributed by atoms with Gasteiger partial charge in [0.15, 0.2) is 5.82 Å². The second kappa shape index (κ2) is 3.10. The molecule has 0 saturated heterocycles. The summed E-state index contributed by atoms with van der Waals surface area (Å²) < 4.78 is 14.6. The molecule has 0 aliphatic rings. The van der Waals surface area contributed by atoms with E-state index in [0.717, 1.165) is 0 Å². The fourth-order valence-electron chi connectivity index (χ4n) is 1.17. The molecule has 0 atom stereocenters. The van der Waals surface area contributed by atoms with Crippen molar-refractivity contribution in [1.82, 2.24) is 15.0 Å². The average Bonchev–Trinajstić information content (AvgIpc) is 2.49. The molecule has 2 rings (SSSR count). The first-order valence-corrected chi connectivity index (χ1v) is 4.13. The summed E-state index contributed by atoms with van der Waals surface area (Å²) in [5, 5.41) is 7.50. The van der Waals surface area contributed by atoms with E-state index in [1.165, 1.54) is 10.7 Å². The van der Waals surface area contributed by atoms with Gasteiger partial charge in [-0.25, -0.2) is 4.39 Å². The maximum atomic E-state index is 13.3. The van der Waals surface area contributed by atoms with Crippen LogP contribution in [0.15, 0.2) is 24.3 Å². The summed E-state index contributed by atoms with van der Waals surface area (Å²) in [4.78, 5) is 0. The second-order valence-corrected chi connectivity index (χ2v) is 2.92. The molecule has 5 heteroatoms. The Balaban J connectivity index is 2.60. The number of nitrogens with zero attached hydrogens (tertiary/aromatic N) is 3. The molecule has 72 valence electrons. The maximum absolute atomic E-state index is 13.3. The monoisotopic (exact) mass is 192 g/mol. The number of anilines is 1. The van der Waals surface area contributed by atoms with E-state index in [9.17, 15) is 4.39 Å². The number of aromatic nitrogens is 3. The maximum Gasteiger partial charge on any atom is 0.150 e. The number of para-hydroxylation sites is 1. The third kappa shape index (κ3) is 1.22. The topological polar surface area (TPSA) is 56.7 Å². The van der Waals surface area contributed by atoms with Gasteiger partial charge in [0, 0.05) is 0 Å². The van der Waals surface area contributed by atoms with Crippen LogP contribution in [0.1, 0.15) is 5.69 Å². The smallest absolute Gasteiger partial charge is 0.150 e. The molecule has 0 aliphatic heterocycles. The molecule has 2 N–H and O–H groups in total. The first-order valence-electron chi connectivity index (χ1n) is 4.13. The number of aryl methyl sites for hydroxylation is 1. The van der Waals surface area contributed by atoms with Crippen LogP contribution >= 0.6 is 0 Å². The molecule has 1 aromatic carbocycles. The number of halogens is 1. The zero-order valence-corrected chi connectivity index (χ0v) is 7.61. The van der Waals surface area contributed by atoms with Gasteiger partial charge in [-0.3, -0.25) is 0 Å². The third-order valence-electron chi connectivity index (χ3n) is 1.96. The molecule has 0 aliphatic carbocycles. The van der Waals surface area contributed by atoms with Crippen molar-refractivity contribution in [2.75, 3.05) is 5.73 Å². The Labute approximate surface area is 80.2 Å². The number of nitrogens with two attached hydrogens (primary N) is 1. The van der Waals surface area contributed by atoms with Gasteiger partial charge in [-0.1, -0.05) is 17.3 Å². The highest BCUT2D eigenvalue weighted by Gasteiger charge is 2.10. The Morgan fingerprint density at radius 2 is 2.07 bits per heavy atom. The second-order valence-electron chi connectivity index (χ2n) is 2.92. The van der Waals surface area contributed by atoms with Crippen molar-refractivity contribution in [1.29, 1.82) is 0 Å². The van der Waals surface area contributed by atoms with E-state index in [0.29, 0.717) is 17.2 Å². The summed E-state index contributed by atoms with van der Waals surface area (Å²) in [6.45, 7) is 1.72. The van der Waals surface area contributed by atoms with Crippen LogP contribution in [-0.4, -0.2) is 15.0 Å². The molecule has 2 aromatic rings. The minimum atomic E-state index is -0.371. The molecule has 1 aromatic heterocycles. The summed E-state index contributed by atoms with van der Waals surface area (Å²) in [5.41, 5.74) is 6.58. The highest BCUT2D eigenvalue weighted by molar-refractivity contribution is 5.43. The van der Waals surface area contributed by atoms with Crippen LogP contribution in [0.4, 0.5) is 10.2 Å². The lowest BCUT2D eigenvalue weighted by atomic mass is 10.3. The van der Waals surface area contributed by atoms with Gasteiger partial charge in [0.05, 0.1) is 0 Å². The van der Waals surface area contributed by atoms with Crippen molar-refractivity contribution in [2.45, 2.75) is 6.92 Å². The van der Waals surface area contributed by atoms with Gasteiger partial charge in [-0.2, -0.15) is 4.68 Å². The van der Waals surface area contributed by atoms with Crippen molar-refractivity contribution < 1.29 is 4.39 Å². The summed E-state index contributed by atoms with van der Waals surface area (Å²) in [6, 6.07) is 6.28. The van der Waals surface area contributed by atoms with Crippen molar-refractivity contribution >= 4 is 5.82 Å². The normalized spacial score (nSPS) is 10.4. The molecule has 1 heterocycles. The first-order chi connectivity index (χ1) is 6.70. The quantitative estimate of drug-likeness (QED) is 0.740. The molecule has 14 heavy (non-hydrogen) atoms. The fourth-order valence-corrected chi connectivity index (χ4v) is 1.17. The molecule has 0 saturated carbocycles. The summed E-state index contributed by atoms with van der Waals surface area (Å²) in [7, 11) is 0. The Hall–Kier alpha value is -1.91. The molecule has 0 bridgehead atoms. The Bertz CT molecular complexity index is 464. The van der Waals surface area contributed by atoms with Gasteiger partial charge in [0.2, 0.25) is 0 Å². The Kier molecular flexibility index (Phi) is 1.92. The van der Waals surface area contributed by atoms with E-state index in [2.05, 4.69) is 10.3 Å². The summed E-state index contributed by atoms with van der Waals surface area (Å²) in [5.74, 6) is -0.0146. The van der Waals surface area contributed by atoms with Gasteiger partial charge in [-0.05, 0) is 19.1 Å². The highest BCUT2D eigenvalue weighted by atomic mass is 19.1. The molecule has 0 spiro atoms. The van der Waals surface area contributed by atoms with Crippen molar-refractivity contribution in [3.05, 3.63) is 35.8 Å². The van der Waals surface area contributed by atoms with Gasteiger partial charge in [0.25, 0.3) is 0 Å². The minimum absolute atomic E-state index is 0.311. The predicted molar refractivity (Wildman–Crippen MR) is 50.5 cm³/mol. The fraction of sp³-hybridized carbons (Fsp3) is 0.111. The number of benzene rings is 1. The molecular formula is C9H9FN4. The Morgan fingerprint density at radius 1 is 1.36 bits per heavy atom. The third-order valence-corrected chi connectivity index (χ3v) is 1.96. The predicted octanol–water partition coefficient (Wildman–Crippen LogP) is 1.30. The number of hydrogen-bond donors (Lipinski definition) is 1. The van der Waals surface area contributed by atoms with E-state index in [-0.39, 0.29) is 5.82 Å². The van der Waals surface area contributed by atoms with E-state index < -0.39 is 0 Å². The van der Waals surface area contributed by atoms with Crippen LogP contribution in [0, 0.1) is 12.7 Å². The number of hydrogen-bond acceptors (Lipinski definition) is 3. The largest absolute Gasteiger partial charge is 0.382 e. The molecule has 4 nitrogen and oxygen atoms in total. The standard InChI is InChI=1S/C9H9FN4/c1-6-9(11)14(13-12-6)8-5-3-2-4-7(8)10/h2-5H,11H2,1H3. The van der Waals surface area contributed by atoms with Gasteiger partial charge in [0.1, 0.15) is 17.2 Å². The van der Waals surface area contributed by atoms with Gasteiger partial charge < -0.3 is 5.73 Å². The van der Waals surface area contributed by atoms with Gasteiger partial charge >= 0.3 is 0 Å². The lowest BCUT2D eigenvalue weighted by molar-refractivity contribution is 0.608. The zero-order chi connectivity index (χ0) is 10.1. The zero-order valence-electron chi connectivity index (χ0n) is 7.61. The van der Waals surface area contributed by atoms with Crippen LogP contribution in [0.5, 0.6) is 0 Å².